The van der Waals surface area contributed by atoms with Gasteiger partial charge in [0.15, 0.2) is 0 Å². The van der Waals surface area contributed by atoms with E-state index in [-0.39, 0.29) is 29.2 Å². The van der Waals surface area contributed by atoms with Crippen molar-refractivity contribution in [2.45, 2.75) is 45.0 Å². The van der Waals surface area contributed by atoms with Crippen molar-refractivity contribution in [3.8, 4) is 0 Å². The van der Waals surface area contributed by atoms with Crippen LogP contribution in [0.3, 0.4) is 0 Å². The maximum absolute atomic E-state index is 13.4. The lowest BCUT2D eigenvalue weighted by Gasteiger charge is -2.33. The van der Waals surface area contributed by atoms with Crippen molar-refractivity contribution in [3.63, 3.8) is 0 Å². The summed E-state index contributed by atoms with van der Waals surface area (Å²) in [6.07, 6.45) is -0.0530. The fraction of sp³-hybridized carbons (Fsp3) is 0.429. The van der Waals surface area contributed by atoms with Crippen molar-refractivity contribution in [2.24, 2.45) is 0 Å². The molecule has 6 nitrogen and oxygen atoms in total. The summed E-state index contributed by atoms with van der Waals surface area (Å²) < 4.78 is 27.9. The van der Waals surface area contributed by atoms with Crippen LogP contribution in [0, 0.1) is 6.92 Å². The van der Waals surface area contributed by atoms with Gasteiger partial charge in [0.1, 0.15) is 12.0 Å². The monoisotopic (exact) mass is 399 g/mol. The largest absolute Gasteiger partial charge is 0.342 e. The first-order valence-corrected chi connectivity index (χ1v) is 9.78. The highest BCUT2D eigenvalue weighted by Gasteiger charge is 2.29. The van der Waals surface area contributed by atoms with Gasteiger partial charge in [0, 0.05) is 24.7 Å². The number of amides is 1. The van der Waals surface area contributed by atoms with Gasteiger partial charge in [-0.15, -0.1) is 0 Å². The molecule has 0 saturated carbocycles. The molecule has 3 heterocycles. The lowest BCUT2D eigenvalue weighted by molar-refractivity contribution is -0.133. The number of carbonyl (C=O) groups excluding carboxylic acids is 1. The summed E-state index contributed by atoms with van der Waals surface area (Å²) in [5.41, 5.74) is 2.56. The van der Waals surface area contributed by atoms with Crippen molar-refractivity contribution >= 4 is 11.7 Å². The van der Waals surface area contributed by atoms with Gasteiger partial charge in [0.2, 0.25) is 5.91 Å². The van der Waals surface area contributed by atoms with E-state index >= 15 is 0 Å². The third-order valence-electron chi connectivity index (χ3n) is 5.70. The van der Waals surface area contributed by atoms with E-state index < -0.39 is 6.43 Å². The predicted octanol–water partition coefficient (Wildman–Crippen LogP) is 3.88. The number of carbonyl (C=O) groups is 1. The molecule has 1 aromatic carbocycles. The van der Waals surface area contributed by atoms with E-state index in [9.17, 15) is 13.6 Å². The van der Waals surface area contributed by atoms with Crippen LogP contribution in [0.15, 0.2) is 36.7 Å². The van der Waals surface area contributed by atoms with Crippen LogP contribution in [0.4, 0.5) is 8.78 Å². The lowest BCUT2D eigenvalue weighted by atomic mass is 9.91. The van der Waals surface area contributed by atoms with Crippen LogP contribution in [-0.2, 0) is 4.79 Å². The number of halogens is 2. The number of aryl methyl sites for hydroxylation is 1. The van der Waals surface area contributed by atoms with Gasteiger partial charge >= 0.3 is 0 Å². The van der Waals surface area contributed by atoms with Crippen LogP contribution in [-0.4, -0.2) is 43.5 Å². The first-order valence-electron chi connectivity index (χ1n) is 9.78. The molecule has 1 saturated heterocycles. The van der Waals surface area contributed by atoms with E-state index in [0.29, 0.717) is 31.6 Å². The van der Waals surface area contributed by atoms with Gasteiger partial charge in [-0.25, -0.2) is 13.8 Å². The minimum absolute atomic E-state index is 0.0212. The maximum Gasteiger partial charge on any atom is 0.280 e. The zero-order valence-electron chi connectivity index (χ0n) is 16.4. The van der Waals surface area contributed by atoms with Gasteiger partial charge in [-0.3, -0.25) is 4.79 Å². The molecular formula is C21H23F2N5O. The third kappa shape index (κ3) is 3.83. The molecule has 3 aromatic rings. The normalized spacial score (nSPS) is 16.5. The second kappa shape index (κ2) is 7.85. The summed E-state index contributed by atoms with van der Waals surface area (Å²) in [6, 6.07) is 9.43. The Morgan fingerprint density at radius 3 is 2.52 bits per heavy atom. The number of benzene rings is 1. The average Bonchev–Trinajstić information content (AvgIpc) is 3.21. The topological polar surface area (TPSA) is 63.4 Å². The van der Waals surface area contributed by atoms with Gasteiger partial charge < -0.3 is 4.90 Å². The Bertz CT molecular complexity index is 1010. The minimum atomic E-state index is -2.65. The maximum atomic E-state index is 13.4. The van der Waals surface area contributed by atoms with Crippen LogP contribution in [0.25, 0.3) is 5.78 Å². The van der Waals surface area contributed by atoms with Crippen molar-refractivity contribution in [2.75, 3.05) is 13.1 Å². The number of hydrogen-bond donors (Lipinski definition) is 0. The predicted molar refractivity (Wildman–Crippen MR) is 104 cm³/mol. The molecule has 29 heavy (non-hydrogen) atoms. The molecule has 0 aliphatic carbocycles. The second-order valence-corrected chi connectivity index (χ2v) is 7.61. The zero-order chi connectivity index (χ0) is 20.5. The van der Waals surface area contributed by atoms with Crippen LogP contribution >= 0.6 is 0 Å². The zero-order valence-corrected chi connectivity index (χ0v) is 16.4. The van der Waals surface area contributed by atoms with Gasteiger partial charge in [-0.1, -0.05) is 29.8 Å². The van der Waals surface area contributed by atoms with Gasteiger partial charge in [0.25, 0.3) is 12.2 Å². The quantitative estimate of drug-likeness (QED) is 0.668. The number of aromatic nitrogens is 4. The van der Waals surface area contributed by atoms with E-state index in [1.807, 2.05) is 43.0 Å². The molecule has 0 bridgehead atoms. The molecule has 8 heteroatoms. The van der Waals surface area contributed by atoms with E-state index in [2.05, 4.69) is 15.1 Å². The lowest BCUT2D eigenvalue weighted by Crippen LogP contribution is -2.40. The molecule has 0 spiro atoms. The third-order valence-corrected chi connectivity index (χ3v) is 5.70. The molecule has 1 amide bonds. The number of alkyl halides is 2. The molecular weight excluding hydrogens is 376 g/mol. The van der Waals surface area contributed by atoms with Gasteiger partial charge in [-0.2, -0.15) is 14.6 Å². The molecule has 1 fully saturated rings. The average molecular weight is 399 g/mol. The molecule has 1 aliphatic rings. The number of rotatable bonds is 4. The highest BCUT2D eigenvalue weighted by Crippen LogP contribution is 2.31. The molecule has 1 aliphatic heterocycles. The van der Waals surface area contributed by atoms with Gasteiger partial charge in [-0.05, 0) is 38.3 Å². The minimum Gasteiger partial charge on any atom is -0.342 e. The summed E-state index contributed by atoms with van der Waals surface area (Å²) in [5.74, 6) is 0.0988. The first-order chi connectivity index (χ1) is 13.9. The molecule has 1 atom stereocenters. The number of piperidine rings is 1. The summed E-state index contributed by atoms with van der Waals surface area (Å²) in [6.45, 7) is 5.12. The molecule has 0 unspecified atom stereocenters. The number of hydrogen-bond acceptors (Lipinski definition) is 4. The molecule has 4 rings (SSSR count). The Balaban J connectivity index is 1.46. The Morgan fingerprint density at radius 2 is 1.86 bits per heavy atom. The Morgan fingerprint density at radius 1 is 1.17 bits per heavy atom. The highest BCUT2D eigenvalue weighted by molar-refractivity contribution is 5.83. The Kier molecular flexibility index (Phi) is 5.25. The van der Waals surface area contributed by atoms with Crippen LogP contribution in [0.5, 0.6) is 0 Å². The van der Waals surface area contributed by atoms with E-state index in [0.717, 1.165) is 15.6 Å². The molecule has 0 N–H and O–H groups in total. The van der Waals surface area contributed by atoms with Crippen molar-refractivity contribution in [1.29, 1.82) is 0 Å². The highest BCUT2D eigenvalue weighted by atomic mass is 19.3. The fourth-order valence-corrected chi connectivity index (χ4v) is 3.89. The molecule has 0 radical (unpaired) electrons. The van der Waals surface area contributed by atoms with Crippen LogP contribution in [0.1, 0.15) is 60.5 Å². The van der Waals surface area contributed by atoms with Crippen LogP contribution < -0.4 is 0 Å². The number of nitrogens with zero attached hydrogens (tertiary/aromatic N) is 5. The number of fused-ring (bicyclic) bond motifs is 1. The number of likely N-dealkylation sites (tertiary alicyclic amines) is 1. The van der Waals surface area contributed by atoms with Crippen molar-refractivity contribution in [3.05, 3.63) is 59.2 Å². The van der Waals surface area contributed by atoms with Crippen molar-refractivity contribution in [1.82, 2.24) is 24.5 Å². The van der Waals surface area contributed by atoms with Crippen LogP contribution in [0.2, 0.25) is 0 Å². The summed E-state index contributed by atoms with van der Waals surface area (Å²) in [5, 5.41) is 3.83. The molecule has 2 aromatic heterocycles. The van der Waals surface area contributed by atoms with Crippen molar-refractivity contribution < 1.29 is 13.6 Å². The Hall–Kier alpha value is -2.90. The van der Waals surface area contributed by atoms with E-state index in [1.165, 1.54) is 12.4 Å². The molecule has 152 valence electrons. The standard InChI is InChI=1S/C21H23F2N5O/c1-13-3-5-15(6-4-13)14(2)20(29)27-9-7-16(8-10-27)17-11-18(19(22)23)28-21(26-17)24-12-25-28/h3-6,11-12,14,16,19H,7-10H2,1-2H3/t14-/m0/s1. The van der Waals surface area contributed by atoms with E-state index in [4.69, 9.17) is 0 Å². The Labute approximate surface area is 167 Å². The summed E-state index contributed by atoms with van der Waals surface area (Å²) in [7, 11) is 0. The fourth-order valence-electron chi connectivity index (χ4n) is 3.89. The summed E-state index contributed by atoms with van der Waals surface area (Å²) in [4.78, 5) is 23.1. The van der Waals surface area contributed by atoms with Gasteiger partial charge in [0.05, 0.1) is 5.92 Å². The first kappa shape index (κ1) is 19.4. The van der Waals surface area contributed by atoms with E-state index in [1.54, 1.807) is 0 Å². The second-order valence-electron chi connectivity index (χ2n) is 7.61. The SMILES string of the molecule is Cc1ccc([C@H](C)C(=O)N2CCC(c3cc(C(F)F)n4ncnc4n3)CC2)cc1. The smallest absolute Gasteiger partial charge is 0.280 e. The summed E-state index contributed by atoms with van der Waals surface area (Å²) >= 11 is 0.